The van der Waals surface area contributed by atoms with Gasteiger partial charge in [-0.1, -0.05) is 78.9 Å². The quantitative estimate of drug-likeness (QED) is 0.234. The third-order valence-corrected chi connectivity index (χ3v) is 7.15. The highest BCUT2D eigenvalue weighted by Gasteiger charge is 2.14. The number of para-hydroxylation sites is 3. The summed E-state index contributed by atoms with van der Waals surface area (Å²) in [6.45, 7) is 0. The minimum Gasteiger partial charge on any atom is -0.456 e. The predicted octanol–water partition coefficient (Wildman–Crippen LogP) is 9.19. The zero-order valence-electron chi connectivity index (χ0n) is 21.3. The van der Waals surface area contributed by atoms with Crippen LogP contribution in [-0.2, 0) is 0 Å². The average molecular weight is 516 g/mol. The van der Waals surface area contributed by atoms with Crippen molar-refractivity contribution in [3.05, 3.63) is 127 Å². The van der Waals surface area contributed by atoms with E-state index in [2.05, 4.69) is 41.4 Å². The van der Waals surface area contributed by atoms with Gasteiger partial charge in [0.15, 0.2) is 11.4 Å². The van der Waals surface area contributed by atoms with E-state index in [0.29, 0.717) is 11.7 Å². The van der Waals surface area contributed by atoms with Crippen LogP contribution >= 0.6 is 0 Å². The molecule has 3 heterocycles. The van der Waals surface area contributed by atoms with Gasteiger partial charge in [0.25, 0.3) is 0 Å². The van der Waals surface area contributed by atoms with Crippen molar-refractivity contribution in [1.82, 2.24) is 15.0 Å². The second kappa shape index (κ2) is 9.03. The van der Waals surface area contributed by atoms with Gasteiger partial charge in [0.1, 0.15) is 16.7 Å². The minimum absolute atomic E-state index is 0.589. The second-order valence-electron chi connectivity index (χ2n) is 9.70. The molecule has 8 rings (SSSR count). The van der Waals surface area contributed by atoms with Crippen LogP contribution in [0.25, 0.3) is 78.4 Å². The van der Waals surface area contributed by atoms with E-state index in [-0.39, 0.29) is 0 Å². The van der Waals surface area contributed by atoms with Gasteiger partial charge in [0, 0.05) is 33.0 Å². The van der Waals surface area contributed by atoms with E-state index in [9.17, 15) is 0 Å². The van der Waals surface area contributed by atoms with Crippen molar-refractivity contribution in [2.24, 2.45) is 0 Å². The van der Waals surface area contributed by atoms with Crippen LogP contribution in [0, 0.1) is 0 Å². The molecular formula is C35H21N3O2. The molecule has 0 saturated heterocycles. The zero-order valence-corrected chi connectivity index (χ0v) is 21.3. The number of aromatic nitrogens is 3. The first-order valence-electron chi connectivity index (χ1n) is 13.1. The van der Waals surface area contributed by atoms with Gasteiger partial charge in [-0.15, -0.1) is 0 Å². The first-order valence-corrected chi connectivity index (χ1v) is 13.1. The second-order valence-corrected chi connectivity index (χ2v) is 9.70. The van der Waals surface area contributed by atoms with Gasteiger partial charge in [-0.05, 0) is 48.5 Å². The summed E-state index contributed by atoms with van der Waals surface area (Å²) in [7, 11) is 0. The third kappa shape index (κ3) is 3.84. The van der Waals surface area contributed by atoms with Crippen molar-refractivity contribution >= 4 is 33.0 Å². The van der Waals surface area contributed by atoms with Crippen LogP contribution in [0.3, 0.4) is 0 Å². The largest absolute Gasteiger partial charge is 0.456 e. The summed E-state index contributed by atoms with van der Waals surface area (Å²) >= 11 is 0. The molecule has 40 heavy (non-hydrogen) atoms. The Kier molecular flexibility index (Phi) is 5.07. The van der Waals surface area contributed by atoms with Crippen molar-refractivity contribution in [3.8, 4) is 45.4 Å². The standard InChI is InChI=1S/C35H21N3O2/c1-2-8-22(9-3-1)29-21-30(25-18-19-27-26-10-4-6-12-31(26)39-33(27)20-25)37-34(36-29)23-14-16-24(17-15-23)35-38-28-11-5-7-13-32(28)40-35/h1-21H. The summed E-state index contributed by atoms with van der Waals surface area (Å²) in [4.78, 5) is 14.6. The van der Waals surface area contributed by atoms with Crippen LogP contribution in [0.2, 0.25) is 0 Å². The molecule has 0 aliphatic carbocycles. The van der Waals surface area contributed by atoms with Crippen LogP contribution in [0.1, 0.15) is 0 Å². The van der Waals surface area contributed by atoms with Gasteiger partial charge in [0.05, 0.1) is 11.4 Å². The molecule has 8 aromatic rings. The maximum Gasteiger partial charge on any atom is 0.227 e. The molecule has 0 aliphatic rings. The lowest BCUT2D eigenvalue weighted by Crippen LogP contribution is -1.96. The minimum atomic E-state index is 0.589. The average Bonchev–Trinajstić information content (AvgIpc) is 3.63. The molecule has 0 fully saturated rings. The third-order valence-electron chi connectivity index (χ3n) is 7.15. The molecule has 0 N–H and O–H groups in total. The summed E-state index contributed by atoms with van der Waals surface area (Å²) in [5.41, 5.74) is 8.81. The smallest absolute Gasteiger partial charge is 0.227 e. The molecule has 5 aromatic carbocycles. The SMILES string of the molecule is c1ccc(-c2cc(-c3ccc4c(c3)oc3ccccc34)nc(-c3ccc(-c4nc5ccccc5o4)cc3)n2)cc1. The normalized spacial score (nSPS) is 11.5. The maximum absolute atomic E-state index is 6.16. The van der Waals surface area contributed by atoms with Crippen LogP contribution < -0.4 is 0 Å². The summed E-state index contributed by atoms with van der Waals surface area (Å²) in [6, 6.07) is 42.4. The fourth-order valence-electron chi connectivity index (χ4n) is 5.12. The Labute approximate surface area is 229 Å². The molecule has 0 unspecified atom stereocenters. The number of rotatable bonds is 4. The highest BCUT2D eigenvalue weighted by Crippen LogP contribution is 2.34. The molecule has 3 aromatic heterocycles. The number of hydrogen-bond acceptors (Lipinski definition) is 5. The molecule has 188 valence electrons. The maximum atomic E-state index is 6.16. The van der Waals surface area contributed by atoms with Gasteiger partial charge in [-0.2, -0.15) is 0 Å². The van der Waals surface area contributed by atoms with E-state index < -0.39 is 0 Å². The molecule has 0 saturated carbocycles. The van der Waals surface area contributed by atoms with Crippen molar-refractivity contribution in [2.45, 2.75) is 0 Å². The zero-order chi connectivity index (χ0) is 26.5. The van der Waals surface area contributed by atoms with E-state index in [0.717, 1.165) is 66.7 Å². The van der Waals surface area contributed by atoms with Gasteiger partial charge in [-0.25, -0.2) is 15.0 Å². The van der Waals surface area contributed by atoms with Crippen LogP contribution in [-0.4, -0.2) is 15.0 Å². The van der Waals surface area contributed by atoms with Crippen LogP contribution in [0.5, 0.6) is 0 Å². The van der Waals surface area contributed by atoms with Crippen molar-refractivity contribution < 1.29 is 8.83 Å². The Morgan fingerprint density at radius 2 is 1.05 bits per heavy atom. The molecule has 5 heteroatoms. The van der Waals surface area contributed by atoms with Crippen molar-refractivity contribution in [2.75, 3.05) is 0 Å². The molecular weight excluding hydrogens is 494 g/mol. The summed E-state index contributed by atoms with van der Waals surface area (Å²) in [5, 5.41) is 2.20. The Bertz CT molecular complexity index is 2130. The fourth-order valence-corrected chi connectivity index (χ4v) is 5.12. The van der Waals surface area contributed by atoms with E-state index >= 15 is 0 Å². The topological polar surface area (TPSA) is 65.0 Å². The molecule has 0 radical (unpaired) electrons. The van der Waals surface area contributed by atoms with Gasteiger partial charge in [-0.3, -0.25) is 0 Å². The molecule has 0 spiro atoms. The predicted molar refractivity (Wildman–Crippen MR) is 159 cm³/mol. The highest BCUT2D eigenvalue weighted by molar-refractivity contribution is 6.05. The van der Waals surface area contributed by atoms with E-state index in [1.54, 1.807) is 0 Å². The number of fused-ring (bicyclic) bond motifs is 4. The number of hydrogen-bond donors (Lipinski definition) is 0. The number of furan rings is 1. The molecule has 0 atom stereocenters. The monoisotopic (exact) mass is 515 g/mol. The van der Waals surface area contributed by atoms with Crippen molar-refractivity contribution in [3.63, 3.8) is 0 Å². The summed E-state index contributed by atoms with van der Waals surface area (Å²) in [5.74, 6) is 1.23. The summed E-state index contributed by atoms with van der Waals surface area (Å²) in [6.07, 6.45) is 0. The Hall–Kier alpha value is -5.55. The Balaban J connectivity index is 1.24. The Morgan fingerprint density at radius 3 is 1.88 bits per heavy atom. The van der Waals surface area contributed by atoms with E-state index in [1.807, 2.05) is 91.0 Å². The first kappa shape index (κ1) is 22.4. The molecule has 0 amide bonds. The fraction of sp³-hybridized carbons (Fsp3) is 0. The first-order chi connectivity index (χ1) is 19.8. The molecule has 0 aliphatic heterocycles. The lowest BCUT2D eigenvalue weighted by Gasteiger charge is -2.10. The number of benzene rings is 5. The Morgan fingerprint density at radius 1 is 0.400 bits per heavy atom. The molecule has 0 bridgehead atoms. The van der Waals surface area contributed by atoms with Crippen LogP contribution in [0.4, 0.5) is 0 Å². The lowest BCUT2D eigenvalue weighted by molar-refractivity contribution is 0.620. The van der Waals surface area contributed by atoms with Gasteiger partial charge in [0.2, 0.25) is 5.89 Å². The number of oxazole rings is 1. The van der Waals surface area contributed by atoms with E-state index in [4.69, 9.17) is 18.8 Å². The highest BCUT2D eigenvalue weighted by atomic mass is 16.3. The van der Waals surface area contributed by atoms with Gasteiger partial charge >= 0.3 is 0 Å². The van der Waals surface area contributed by atoms with E-state index in [1.165, 1.54) is 0 Å². The van der Waals surface area contributed by atoms with Gasteiger partial charge < -0.3 is 8.83 Å². The lowest BCUT2D eigenvalue weighted by atomic mass is 10.0. The molecule has 5 nitrogen and oxygen atoms in total. The van der Waals surface area contributed by atoms with Crippen LogP contribution in [0.15, 0.2) is 136 Å². The van der Waals surface area contributed by atoms with Crippen molar-refractivity contribution in [1.29, 1.82) is 0 Å². The summed E-state index contributed by atoms with van der Waals surface area (Å²) < 4.78 is 12.1. The number of nitrogens with zero attached hydrogens (tertiary/aromatic N) is 3.